The van der Waals surface area contributed by atoms with Gasteiger partial charge in [0.2, 0.25) is 0 Å². The van der Waals surface area contributed by atoms with Crippen LogP contribution in [-0.4, -0.2) is 51.4 Å². The standard InChI is InChI=1S/C21H28N2O7/c1-13(20(25)23-21(26)22-15-7-5-6-8-15)30-19(24)10-9-14-11-17(28-3)18(29-4)12-16(14)27-2/h9-13,15H,5-8H2,1-4H3,(H2,22,23,25,26)/b10-9+/t13-/m1/s1. The number of benzene rings is 1. The Morgan fingerprint density at radius 2 is 1.60 bits per heavy atom. The quantitative estimate of drug-likeness (QED) is 0.491. The van der Waals surface area contributed by atoms with E-state index < -0.39 is 24.0 Å². The van der Waals surface area contributed by atoms with Crippen molar-refractivity contribution in [2.75, 3.05) is 21.3 Å². The Balaban J connectivity index is 1.93. The summed E-state index contributed by atoms with van der Waals surface area (Å²) in [7, 11) is 4.49. The highest BCUT2D eigenvalue weighted by molar-refractivity contribution is 5.98. The molecule has 1 aliphatic rings. The van der Waals surface area contributed by atoms with E-state index in [-0.39, 0.29) is 6.04 Å². The van der Waals surface area contributed by atoms with Crippen LogP contribution in [0.25, 0.3) is 6.08 Å². The molecule has 1 aromatic rings. The van der Waals surface area contributed by atoms with Gasteiger partial charge in [0.1, 0.15) is 5.75 Å². The van der Waals surface area contributed by atoms with Crippen molar-refractivity contribution >= 4 is 24.0 Å². The highest BCUT2D eigenvalue weighted by Gasteiger charge is 2.22. The second-order valence-electron chi connectivity index (χ2n) is 6.81. The van der Waals surface area contributed by atoms with Crippen LogP contribution in [0.2, 0.25) is 0 Å². The van der Waals surface area contributed by atoms with E-state index in [0.29, 0.717) is 22.8 Å². The molecule has 3 amide bonds. The number of ether oxygens (including phenoxy) is 4. The van der Waals surface area contributed by atoms with Gasteiger partial charge in [0, 0.05) is 23.7 Å². The van der Waals surface area contributed by atoms with Crippen molar-refractivity contribution in [2.45, 2.75) is 44.8 Å². The molecule has 0 heterocycles. The molecule has 1 aliphatic carbocycles. The van der Waals surface area contributed by atoms with E-state index in [9.17, 15) is 14.4 Å². The molecule has 1 saturated carbocycles. The minimum Gasteiger partial charge on any atom is -0.496 e. The maximum Gasteiger partial charge on any atom is 0.331 e. The Morgan fingerprint density at radius 1 is 1.00 bits per heavy atom. The molecule has 1 aromatic carbocycles. The largest absolute Gasteiger partial charge is 0.496 e. The fourth-order valence-electron chi connectivity index (χ4n) is 3.11. The molecule has 0 radical (unpaired) electrons. The molecule has 0 aliphatic heterocycles. The minimum absolute atomic E-state index is 0.0788. The summed E-state index contributed by atoms with van der Waals surface area (Å²) in [5.74, 6) is -0.0321. The third-order valence-electron chi connectivity index (χ3n) is 4.72. The van der Waals surface area contributed by atoms with Gasteiger partial charge in [-0.2, -0.15) is 0 Å². The van der Waals surface area contributed by atoms with Crippen LogP contribution in [0.15, 0.2) is 18.2 Å². The van der Waals surface area contributed by atoms with E-state index in [2.05, 4.69) is 10.6 Å². The molecule has 9 heteroatoms. The predicted octanol–water partition coefficient (Wildman–Crippen LogP) is 2.43. The second kappa shape index (κ2) is 11.1. The van der Waals surface area contributed by atoms with E-state index in [1.165, 1.54) is 34.3 Å². The Morgan fingerprint density at radius 3 is 2.20 bits per heavy atom. The molecule has 2 rings (SSSR count). The van der Waals surface area contributed by atoms with Gasteiger partial charge in [-0.05, 0) is 31.9 Å². The fourth-order valence-corrected chi connectivity index (χ4v) is 3.11. The first-order valence-corrected chi connectivity index (χ1v) is 9.68. The summed E-state index contributed by atoms with van der Waals surface area (Å²) in [6.07, 6.45) is 5.41. The number of amides is 3. The van der Waals surface area contributed by atoms with Gasteiger partial charge in [-0.25, -0.2) is 9.59 Å². The van der Waals surface area contributed by atoms with Crippen molar-refractivity contribution < 1.29 is 33.3 Å². The number of hydrogen-bond donors (Lipinski definition) is 2. The van der Waals surface area contributed by atoms with Crippen LogP contribution in [0.3, 0.4) is 0 Å². The minimum atomic E-state index is -1.14. The van der Waals surface area contributed by atoms with Gasteiger partial charge in [-0.15, -0.1) is 0 Å². The summed E-state index contributed by atoms with van der Waals surface area (Å²) in [4.78, 5) is 36.0. The number of imide groups is 1. The van der Waals surface area contributed by atoms with Crippen LogP contribution >= 0.6 is 0 Å². The molecule has 1 fully saturated rings. The average Bonchev–Trinajstić information content (AvgIpc) is 3.24. The zero-order valence-corrected chi connectivity index (χ0v) is 17.7. The zero-order chi connectivity index (χ0) is 22.1. The summed E-state index contributed by atoms with van der Waals surface area (Å²) in [5, 5.41) is 4.93. The molecule has 30 heavy (non-hydrogen) atoms. The van der Waals surface area contributed by atoms with Crippen molar-refractivity contribution in [3.8, 4) is 17.2 Å². The van der Waals surface area contributed by atoms with Crippen LogP contribution in [0.5, 0.6) is 17.2 Å². The third-order valence-corrected chi connectivity index (χ3v) is 4.72. The van der Waals surface area contributed by atoms with Gasteiger partial charge < -0.3 is 24.3 Å². The van der Waals surface area contributed by atoms with Gasteiger partial charge in [0.15, 0.2) is 17.6 Å². The second-order valence-corrected chi connectivity index (χ2v) is 6.81. The summed E-state index contributed by atoms with van der Waals surface area (Å²) in [6, 6.07) is 2.77. The fraction of sp³-hybridized carbons (Fsp3) is 0.476. The molecule has 0 spiro atoms. The molecule has 0 bridgehead atoms. The van der Waals surface area contributed by atoms with Crippen molar-refractivity contribution in [1.29, 1.82) is 0 Å². The lowest BCUT2D eigenvalue weighted by molar-refractivity contribution is -0.149. The highest BCUT2D eigenvalue weighted by atomic mass is 16.5. The lowest BCUT2D eigenvalue weighted by atomic mass is 10.1. The number of hydrogen-bond acceptors (Lipinski definition) is 7. The SMILES string of the molecule is COc1cc(OC)c(OC)cc1/C=C/C(=O)O[C@H](C)C(=O)NC(=O)NC1CCCC1. The molecule has 0 saturated heterocycles. The molecule has 164 valence electrons. The number of rotatable bonds is 8. The van der Waals surface area contributed by atoms with Crippen LogP contribution in [-0.2, 0) is 14.3 Å². The number of carbonyl (C=O) groups excluding carboxylic acids is 3. The van der Waals surface area contributed by atoms with Crippen molar-refractivity contribution in [1.82, 2.24) is 10.6 Å². The van der Waals surface area contributed by atoms with Gasteiger partial charge >= 0.3 is 12.0 Å². The van der Waals surface area contributed by atoms with Crippen molar-refractivity contribution in [3.05, 3.63) is 23.8 Å². The normalized spacial score (nSPS) is 14.8. The topological polar surface area (TPSA) is 112 Å². The van der Waals surface area contributed by atoms with E-state index in [4.69, 9.17) is 18.9 Å². The maximum absolute atomic E-state index is 12.1. The zero-order valence-electron chi connectivity index (χ0n) is 17.7. The number of esters is 1. The smallest absolute Gasteiger partial charge is 0.331 e. The van der Waals surface area contributed by atoms with Crippen molar-refractivity contribution in [2.24, 2.45) is 0 Å². The van der Waals surface area contributed by atoms with Crippen molar-refractivity contribution in [3.63, 3.8) is 0 Å². The Kier molecular flexibility index (Phi) is 8.52. The van der Waals surface area contributed by atoms with Gasteiger partial charge in [-0.3, -0.25) is 10.1 Å². The van der Waals surface area contributed by atoms with E-state index in [1.54, 1.807) is 12.1 Å². The number of urea groups is 1. The first-order valence-electron chi connectivity index (χ1n) is 9.68. The molecule has 0 unspecified atom stereocenters. The van der Waals surface area contributed by atoms with Gasteiger partial charge in [-0.1, -0.05) is 12.8 Å². The summed E-state index contributed by atoms with van der Waals surface area (Å²) < 4.78 is 20.8. The summed E-state index contributed by atoms with van der Waals surface area (Å²) >= 11 is 0. The molecular weight excluding hydrogens is 392 g/mol. The van der Waals surface area contributed by atoms with Crippen LogP contribution in [0.1, 0.15) is 38.2 Å². The summed E-state index contributed by atoms with van der Waals surface area (Å²) in [5.41, 5.74) is 0.556. The summed E-state index contributed by atoms with van der Waals surface area (Å²) in [6.45, 7) is 1.39. The first kappa shape index (κ1) is 23.1. The lowest BCUT2D eigenvalue weighted by Crippen LogP contribution is -2.47. The number of carbonyl (C=O) groups is 3. The molecule has 2 N–H and O–H groups in total. The Bertz CT molecular complexity index is 801. The average molecular weight is 420 g/mol. The molecule has 0 aromatic heterocycles. The molecular formula is C21H28N2O7. The first-order chi connectivity index (χ1) is 14.4. The van der Waals surface area contributed by atoms with Gasteiger partial charge in [0.05, 0.1) is 21.3 Å². The number of methoxy groups -OCH3 is 3. The maximum atomic E-state index is 12.1. The predicted molar refractivity (Wildman–Crippen MR) is 110 cm³/mol. The molecule has 1 atom stereocenters. The van der Waals surface area contributed by atoms with Gasteiger partial charge in [0.25, 0.3) is 5.91 Å². The third kappa shape index (κ3) is 6.40. The lowest BCUT2D eigenvalue weighted by Gasteiger charge is -2.15. The molecule has 9 nitrogen and oxygen atoms in total. The Hall–Kier alpha value is -3.23. The van der Waals surface area contributed by atoms with Crippen LogP contribution in [0.4, 0.5) is 4.79 Å². The monoisotopic (exact) mass is 420 g/mol. The number of nitrogens with one attached hydrogen (secondary N) is 2. The van der Waals surface area contributed by atoms with E-state index in [0.717, 1.165) is 31.8 Å². The van der Waals surface area contributed by atoms with E-state index >= 15 is 0 Å². The van der Waals surface area contributed by atoms with Crippen LogP contribution in [0, 0.1) is 0 Å². The highest BCUT2D eigenvalue weighted by Crippen LogP contribution is 2.35. The van der Waals surface area contributed by atoms with Crippen LogP contribution < -0.4 is 24.8 Å². The van der Waals surface area contributed by atoms with E-state index in [1.807, 2.05) is 0 Å². The Labute approximate surface area is 175 Å².